The number of hydrogen-bond acceptors (Lipinski definition) is 5. The van der Waals surface area contributed by atoms with Crippen LogP contribution in [0.15, 0.2) is 53.9 Å². The van der Waals surface area contributed by atoms with E-state index in [4.69, 9.17) is 9.47 Å². The molecule has 0 fully saturated rings. The molecule has 6 nitrogen and oxygen atoms in total. The molecular weight excluding hydrogens is 338 g/mol. The van der Waals surface area contributed by atoms with Crippen LogP contribution in [0.5, 0.6) is 11.5 Å². The van der Waals surface area contributed by atoms with Crippen LogP contribution in [0, 0.1) is 0 Å². The first kappa shape index (κ1) is 16.8. The summed E-state index contributed by atoms with van der Waals surface area (Å²) >= 11 is 1.36. The SMILES string of the molecule is COc1ccc(NC(=O)Nc2nc(-c3ccc(OC)cc3)cs2)cc1. The summed E-state index contributed by atoms with van der Waals surface area (Å²) in [6, 6.07) is 14.3. The number of thiazole rings is 1. The van der Waals surface area contributed by atoms with Gasteiger partial charge in [0.05, 0.1) is 19.9 Å². The maximum Gasteiger partial charge on any atom is 0.325 e. The monoisotopic (exact) mass is 355 g/mol. The molecule has 1 aromatic heterocycles. The van der Waals surface area contributed by atoms with E-state index >= 15 is 0 Å². The number of carbonyl (C=O) groups is 1. The lowest BCUT2D eigenvalue weighted by Gasteiger charge is -2.06. The summed E-state index contributed by atoms with van der Waals surface area (Å²) in [6.07, 6.45) is 0. The number of rotatable bonds is 5. The van der Waals surface area contributed by atoms with E-state index < -0.39 is 0 Å². The van der Waals surface area contributed by atoms with Gasteiger partial charge in [0, 0.05) is 16.6 Å². The van der Waals surface area contributed by atoms with E-state index in [-0.39, 0.29) is 6.03 Å². The standard InChI is InChI=1S/C18H17N3O3S/c1-23-14-7-3-12(4-8-14)16-11-25-18(20-16)21-17(22)19-13-5-9-15(24-2)10-6-13/h3-11H,1-2H3,(H2,19,20,21,22). The van der Waals surface area contributed by atoms with Crippen LogP contribution in [0.4, 0.5) is 15.6 Å². The predicted molar refractivity (Wildman–Crippen MR) is 99.7 cm³/mol. The molecule has 0 saturated heterocycles. The molecule has 2 N–H and O–H groups in total. The molecule has 3 rings (SSSR count). The molecule has 0 bridgehead atoms. The number of carbonyl (C=O) groups excluding carboxylic acids is 1. The first-order valence-corrected chi connectivity index (χ1v) is 8.38. The second-order valence-corrected chi connectivity index (χ2v) is 5.93. The van der Waals surface area contributed by atoms with Crippen molar-refractivity contribution in [3.63, 3.8) is 0 Å². The van der Waals surface area contributed by atoms with Crippen molar-refractivity contribution in [3.05, 3.63) is 53.9 Å². The van der Waals surface area contributed by atoms with Crippen LogP contribution >= 0.6 is 11.3 Å². The number of hydrogen-bond donors (Lipinski definition) is 2. The minimum atomic E-state index is -0.346. The van der Waals surface area contributed by atoms with Crippen LogP contribution in [0.1, 0.15) is 0 Å². The van der Waals surface area contributed by atoms with Gasteiger partial charge in [-0.05, 0) is 48.5 Å². The number of methoxy groups -OCH3 is 2. The lowest BCUT2D eigenvalue weighted by Crippen LogP contribution is -2.19. The molecule has 0 atom stereocenters. The fourth-order valence-electron chi connectivity index (χ4n) is 2.16. The first-order valence-electron chi connectivity index (χ1n) is 7.50. The third-order valence-corrected chi connectivity index (χ3v) is 4.22. The Labute approximate surface area is 149 Å². The molecule has 0 saturated carbocycles. The number of anilines is 2. The van der Waals surface area contributed by atoms with E-state index in [0.29, 0.717) is 10.8 Å². The number of amides is 2. The maximum atomic E-state index is 12.1. The summed E-state index contributed by atoms with van der Waals surface area (Å²) in [5, 5.41) is 7.90. The van der Waals surface area contributed by atoms with Gasteiger partial charge in [0.2, 0.25) is 0 Å². The molecule has 0 aliphatic heterocycles. The van der Waals surface area contributed by atoms with Gasteiger partial charge in [-0.1, -0.05) is 0 Å². The van der Waals surface area contributed by atoms with Crippen molar-refractivity contribution in [1.82, 2.24) is 4.98 Å². The Morgan fingerprint density at radius 1 is 0.920 bits per heavy atom. The van der Waals surface area contributed by atoms with Gasteiger partial charge in [0.25, 0.3) is 0 Å². The third kappa shape index (κ3) is 4.27. The van der Waals surface area contributed by atoms with Gasteiger partial charge in [-0.15, -0.1) is 11.3 Å². The fourth-order valence-corrected chi connectivity index (χ4v) is 2.87. The summed E-state index contributed by atoms with van der Waals surface area (Å²) in [7, 11) is 3.22. The lowest BCUT2D eigenvalue weighted by molar-refractivity contribution is 0.262. The summed E-state index contributed by atoms with van der Waals surface area (Å²) in [6.45, 7) is 0. The summed E-state index contributed by atoms with van der Waals surface area (Å²) in [5.74, 6) is 1.52. The first-order chi connectivity index (χ1) is 12.2. The molecule has 0 spiro atoms. The third-order valence-electron chi connectivity index (χ3n) is 3.46. The molecule has 25 heavy (non-hydrogen) atoms. The zero-order chi connectivity index (χ0) is 17.6. The number of nitrogens with zero attached hydrogens (tertiary/aromatic N) is 1. The highest BCUT2D eigenvalue weighted by Crippen LogP contribution is 2.26. The zero-order valence-corrected chi connectivity index (χ0v) is 14.6. The quantitative estimate of drug-likeness (QED) is 0.708. The van der Waals surface area contributed by atoms with Crippen LogP contribution in [0.3, 0.4) is 0 Å². The van der Waals surface area contributed by atoms with E-state index in [9.17, 15) is 4.79 Å². The van der Waals surface area contributed by atoms with Crippen molar-refractivity contribution in [3.8, 4) is 22.8 Å². The van der Waals surface area contributed by atoms with Gasteiger partial charge in [0.1, 0.15) is 11.5 Å². The molecule has 0 unspecified atom stereocenters. The Hall–Kier alpha value is -3.06. The summed E-state index contributed by atoms with van der Waals surface area (Å²) in [4.78, 5) is 16.5. The van der Waals surface area contributed by atoms with Gasteiger partial charge in [-0.2, -0.15) is 0 Å². The summed E-state index contributed by atoms with van der Waals surface area (Å²) < 4.78 is 10.2. The topological polar surface area (TPSA) is 72.5 Å². The summed E-state index contributed by atoms with van der Waals surface area (Å²) in [5.41, 5.74) is 2.43. The van der Waals surface area contributed by atoms with Crippen molar-refractivity contribution < 1.29 is 14.3 Å². The number of aromatic nitrogens is 1. The van der Waals surface area contributed by atoms with Crippen molar-refractivity contribution >= 4 is 28.2 Å². The smallest absolute Gasteiger partial charge is 0.325 e. The maximum absolute atomic E-state index is 12.1. The molecule has 128 valence electrons. The van der Waals surface area contributed by atoms with Gasteiger partial charge in [-0.3, -0.25) is 5.32 Å². The molecular formula is C18H17N3O3S. The molecule has 2 amide bonds. The Balaban J connectivity index is 1.62. The van der Waals surface area contributed by atoms with Crippen LogP contribution in [-0.2, 0) is 0 Å². The van der Waals surface area contributed by atoms with E-state index in [1.807, 2.05) is 29.6 Å². The average molecular weight is 355 g/mol. The van der Waals surface area contributed by atoms with Crippen LogP contribution in [0.25, 0.3) is 11.3 Å². The molecule has 1 heterocycles. The van der Waals surface area contributed by atoms with Crippen molar-refractivity contribution in [2.24, 2.45) is 0 Å². The Morgan fingerprint density at radius 3 is 2.12 bits per heavy atom. The largest absolute Gasteiger partial charge is 0.497 e. The number of nitrogens with one attached hydrogen (secondary N) is 2. The Kier molecular flexibility index (Phi) is 5.15. The van der Waals surface area contributed by atoms with E-state index in [2.05, 4.69) is 15.6 Å². The van der Waals surface area contributed by atoms with E-state index in [0.717, 1.165) is 22.8 Å². The average Bonchev–Trinajstić information content (AvgIpc) is 3.10. The van der Waals surface area contributed by atoms with Crippen LogP contribution in [-0.4, -0.2) is 25.2 Å². The lowest BCUT2D eigenvalue weighted by atomic mass is 10.2. The van der Waals surface area contributed by atoms with Gasteiger partial charge in [-0.25, -0.2) is 9.78 Å². The second-order valence-electron chi connectivity index (χ2n) is 5.07. The van der Waals surface area contributed by atoms with Gasteiger partial charge < -0.3 is 14.8 Å². The Morgan fingerprint density at radius 2 is 1.52 bits per heavy atom. The highest BCUT2D eigenvalue weighted by atomic mass is 32.1. The molecule has 7 heteroatoms. The normalized spacial score (nSPS) is 10.2. The minimum absolute atomic E-state index is 0.346. The molecule has 0 radical (unpaired) electrons. The number of urea groups is 1. The van der Waals surface area contributed by atoms with Crippen molar-refractivity contribution in [2.45, 2.75) is 0 Å². The van der Waals surface area contributed by atoms with Crippen LogP contribution in [0.2, 0.25) is 0 Å². The van der Waals surface area contributed by atoms with E-state index in [1.54, 1.807) is 38.5 Å². The van der Waals surface area contributed by atoms with Gasteiger partial charge in [0.15, 0.2) is 5.13 Å². The molecule has 2 aromatic carbocycles. The molecule has 3 aromatic rings. The minimum Gasteiger partial charge on any atom is -0.497 e. The predicted octanol–water partition coefficient (Wildman–Crippen LogP) is 4.47. The highest BCUT2D eigenvalue weighted by molar-refractivity contribution is 7.14. The number of benzene rings is 2. The van der Waals surface area contributed by atoms with E-state index in [1.165, 1.54) is 11.3 Å². The molecule has 0 aliphatic carbocycles. The second kappa shape index (κ2) is 7.67. The highest BCUT2D eigenvalue weighted by Gasteiger charge is 2.08. The zero-order valence-electron chi connectivity index (χ0n) is 13.8. The molecule has 0 aliphatic rings. The number of ether oxygens (including phenoxy) is 2. The van der Waals surface area contributed by atoms with Crippen LogP contribution < -0.4 is 20.1 Å². The van der Waals surface area contributed by atoms with Gasteiger partial charge >= 0.3 is 6.03 Å². The van der Waals surface area contributed by atoms with Crippen molar-refractivity contribution in [1.29, 1.82) is 0 Å². The Bertz CT molecular complexity index is 845. The van der Waals surface area contributed by atoms with Crippen molar-refractivity contribution in [2.75, 3.05) is 24.9 Å². The fraction of sp³-hybridized carbons (Fsp3) is 0.111.